The number of benzene rings is 2. The Morgan fingerprint density at radius 2 is 1.74 bits per heavy atom. The second-order valence-electron chi connectivity index (χ2n) is 4.76. The van der Waals surface area contributed by atoms with Crippen LogP contribution in [-0.2, 0) is 6.42 Å². The average Bonchev–Trinajstić information content (AvgIpc) is 2.36. The summed E-state index contributed by atoms with van der Waals surface area (Å²) in [4.78, 5) is 0.167. The number of halogens is 3. The number of hydrogen-bond donors (Lipinski definition) is 0. The molecule has 0 heterocycles. The van der Waals surface area contributed by atoms with Gasteiger partial charge in [0, 0.05) is 14.9 Å². The molecule has 0 fully saturated rings. The fourth-order valence-electron chi connectivity index (χ4n) is 2.00. The van der Waals surface area contributed by atoms with Crippen LogP contribution in [0.2, 0.25) is 10.0 Å². The van der Waals surface area contributed by atoms with Crippen molar-refractivity contribution in [3.8, 4) is 0 Å². The molecule has 0 saturated carbocycles. The Kier molecular flexibility index (Phi) is 4.94. The van der Waals surface area contributed by atoms with E-state index in [0.717, 1.165) is 17.0 Å². The minimum atomic E-state index is 0.167. The minimum Gasteiger partial charge on any atom is -0.0843 e. The normalized spacial score (nSPS) is 12.5. The molecule has 0 saturated heterocycles. The van der Waals surface area contributed by atoms with Gasteiger partial charge in [0.2, 0.25) is 0 Å². The first kappa shape index (κ1) is 14.9. The monoisotopic (exact) mass is 356 g/mol. The third-order valence-electron chi connectivity index (χ3n) is 3.28. The predicted octanol–water partition coefficient (Wildman–Crippen LogP) is 6.29. The average molecular weight is 358 g/mol. The molecule has 2 aromatic rings. The zero-order chi connectivity index (χ0) is 14.0. The van der Waals surface area contributed by atoms with Crippen molar-refractivity contribution in [3.63, 3.8) is 0 Å². The number of aryl methyl sites for hydroxylation is 2. The number of alkyl halides is 1. The molecule has 0 aliphatic heterocycles. The fourth-order valence-corrected chi connectivity index (χ4v) is 3.32. The van der Waals surface area contributed by atoms with Gasteiger partial charge in [0.05, 0.1) is 0 Å². The molecular formula is C16H15BrCl2. The van der Waals surface area contributed by atoms with Gasteiger partial charge in [-0.1, -0.05) is 57.3 Å². The Morgan fingerprint density at radius 1 is 1.00 bits per heavy atom. The van der Waals surface area contributed by atoms with Crippen molar-refractivity contribution in [1.82, 2.24) is 0 Å². The predicted molar refractivity (Wildman–Crippen MR) is 87.8 cm³/mol. The third-order valence-corrected chi connectivity index (χ3v) is 4.68. The van der Waals surface area contributed by atoms with Gasteiger partial charge in [-0.3, -0.25) is 0 Å². The summed E-state index contributed by atoms with van der Waals surface area (Å²) in [5.74, 6) is 0. The summed E-state index contributed by atoms with van der Waals surface area (Å²) in [6.45, 7) is 4.26. The summed E-state index contributed by atoms with van der Waals surface area (Å²) >= 11 is 16.0. The maximum Gasteiger partial charge on any atom is 0.0450 e. The maximum absolute atomic E-state index is 6.23. The first-order valence-electron chi connectivity index (χ1n) is 6.12. The Morgan fingerprint density at radius 3 is 2.42 bits per heavy atom. The van der Waals surface area contributed by atoms with Crippen LogP contribution >= 0.6 is 39.1 Å². The lowest BCUT2D eigenvalue weighted by Crippen LogP contribution is -1.97. The second kappa shape index (κ2) is 6.30. The van der Waals surface area contributed by atoms with Crippen molar-refractivity contribution in [3.05, 3.63) is 68.7 Å². The van der Waals surface area contributed by atoms with Gasteiger partial charge in [-0.05, 0) is 60.7 Å². The number of hydrogen-bond acceptors (Lipinski definition) is 0. The van der Waals surface area contributed by atoms with E-state index in [1.807, 2.05) is 18.2 Å². The molecule has 2 rings (SSSR count). The molecule has 1 atom stereocenters. The van der Waals surface area contributed by atoms with Crippen molar-refractivity contribution >= 4 is 39.1 Å². The van der Waals surface area contributed by atoms with Crippen LogP contribution in [0.15, 0.2) is 36.4 Å². The largest absolute Gasteiger partial charge is 0.0843 e. The maximum atomic E-state index is 6.23. The van der Waals surface area contributed by atoms with Gasteiger partial charge in [0.25, 0.3) is 0 Å². The van der Waals surface area contributed by atoms with E-state index in [1.54, 1.807) is 0 Å². The van der Waals surface area contributed by atoms with E-state index in [9.17, 15) is 0 Å². The lowest BCUT2D eigenvalue weighted by atomic mass is 10.0. The van der Waals surface area contributed by atoms with Crippen LogP contribution in [0.25, 0.3) is 0 Å². The highest BCUT2D eigenvalue weighted by Gasteiger charge is 2.13. The highest BCUT2D eigenvalue weighted by molar-refractivity contribution is 9.09. The topological polar surface area (TPSA) is 0 Å². The first-order valence-corrected chi connectivity index (χ1v) is 7.79. The van der Waals surface area contributed by atoms with Crippen LogP contribution in [0.5, 0.6) is 0 Å². The van der Waals surface area contributed by atoms with E-state index < -0.39 is 0 Å². The molecular weight excluding hydrogens is 343 g/mol. The Hall–Kier alpha value is -0.500. The Labute approximate surface area is 132 Å². The van der Waals surface area contributed by atoms with Gasteiger partial charge in [0.15, 0.2) is 0 Å². The Balaban J connectivity index is 2.22. The van der Waals surface area contributed by atoms with E-state index >= 15 is 0 Å². The molecule has 2 aromatic carbocycles. The zero-order valence-electron chi connectivity index (χ0n) is 10.9. The molecule has 0 spiro atoms. The molecule has 0 aromatic heterocycles. The molecule has 0 aliphatic carbocycles. The molecule has 100 valence electrons. The van der Waals surface area contributed by atoms with E-state index in [2.05, 4.69) is 48.0 Å². The smallest absolute Gasteiger partial charge is 0.0450 e. The molecule has 3 heteroatoms. The summed E-state index contributed by atoms with van der Waals surface area (Å²) in [7, 11) is 0. The van der Waals surface area contributed by atoms with Crippen LogP contribution in [0.4, 0.5) is 0 Å². The molecule has 0 radical (unpaired) electrons. The fraction of sp³-hybridized carbons (Fsp3) is 0.250. The summed E-state index contributed by atoms with van der Waals surface area (Å²) in [5.41, 5.74) is 4.96. The summed E-state index contributed by atoms with van der Waals surface area (Å²) in [5, 5.41) is 1.46. The van der Waals surface area contributed by atoms with Crippen LogP contribution in [0.1, 0.15) is 27.1 Å². The Bertz CT molecular complexity index is 593. The van der Waals surface area contributed by atoms with Crippen molar-refractivity contribution in [2.24, 2.45) is 0 Å². The van der Waals surface area contributed by atoms with Gasteiger partial charge in [-0.15, -0.1) is 0 Å². The molecule has 0 bridgehead atoms. The molecule has 0 nitrogen and oxygen atoms in total. The molecule has 0 aliphatic rings. The lowest BCUT2D eigenvalue weighted by molar-refractivity contribution is 0.946. The standard InChI is InChI=1S/C16H15BrCl2/c1-10-3-4-12(7-11(10)2)8-15(17)14-9-13(18)5-6-16(14)19/h3-7,9,15H,8H2,1-2H3. The van der Waals surface area contributed by atoms with Gasteiger partial charge >= 0.3 is 0 Å². The van der Waals surface area contributed by atoms with Gasteiger partial charge < -0.3 is 0 Å². The summed E-state index contributed by atoms with van der Waals surface area (Å²) in [6.07, 6.45) is 0.890. The van der Waals surface area contributed by atoms with Crippen molar-refractivity contribution < 1.29 is 0 Å². The van der Waals surface area contributed by atoms with Crippen LogP contribution < -0.4 is 0 Å². The molecule has 0 N–H and O–H groups in total. The highest BCUT2D eigenvalue weighted by Crippen LogP contribution is 2.34. The van der Waals surface area contributed by atoms with E-state index in [0.29, 0.717) is 5.02 Å². The number of rotatable bonds is 3. The van der Waals surface area contributed by atoms with Crippen molar-refractivity contribution in [1.29, 1.82) is 0 Å². The minimum absolute atomic E-state index is 0.167. The summed E-state index contributed by atoms with van der Waals surface area (Å²) in [6, 6.07) is 12.1. The SMILES string of the molecule is Cc1ccc(CC(Br)c2cc(Cl)ccc2Cl)cc1C. The molecule has 0 amide bonds. The third kappa shape index (κ3) is 3.75. The quantitative estimate of drug-likeness (QED) is 0.566. The zero-order valence-corrected chi connectivity index (χ0v) is 14.0. The van der Waals surface area contributed by atoms with E-state index in [4.69, 9.17) is 23.2 Å². The summed E-state index contributed by atoms with van der Waals surface area (Å²) < 4.78 is 0. The molecule has 19 heavy (non-hydrogen) atoms. The van der Waals surface area contributed by atoms with Gasteiger partial charge in [-0.25, -0.2) is 0 Å². The van der Waals surface area contributed by atoms with Gasteiger partial charge in [-0.2, -0.15) is 0 Å². The lowest BCUT2D eigenvalue weighted by Gasteiger charge is -2.13. The van der Waals surface area contributed by atoms with Crippen LogP contribution in [0.3, 0.4) is 0 Å². The van der Waals surface area contributed by atoms with E-state index in [-0.39, 0.29) is 4.83 Å². The van der Waals surface area contributed by atoms with Crippen LogP contribution in [0, 0.1) is 13.8 Å². The van der Waals surface area contributed by atoms with Crippen LogP contribution in [-0.4, -0.2) is 0 Å². The molecule has 1 unspecified atom stereocenters. The van der Waals surface area contributed by atoms with Gasteiger partial charge in [0.1, 0.15) is 0 Å². The van der Waals surface area contributed by atoms with E-state index in [1.165, 1.54) is 16.7 Å². The second-order valence-corrected chi connectivity index (χ2v) is 6.71. The highest BCUT2D eigenvalue weighted by atomic mass is 79.9. The van der Waals surface area contributed by atoms with Crippen molar-refractivity contribution in [2.75, 3.05) is 0 Å². The first-order chi connectivity index (χ1) is 8.97. The van der Waals surface area contributed by atoms with Crippen molar-refractivity contribution in [2.45, 2.75) is 25.1 Å².